The molecule has 3 aliphatic heterocycles. The number of hydrogen-bond donors (Lipinski definition) is 0. The van der Waals surface area contributed by atoms with E-state index in [2.05, 4.69) is 11.8 Å². The minimum absolute atomic E-state index is 0.186. The number of hydrogen-bond acceptors (Lipinski definition) is 4. The van der Waals surface area contributed by atoms with E-state index in [4.69, 9.17) is 9.47 Å². The van der Waals surface area contributed by atoms with E-state index in [0.717, 1.165) is 24.0 Å². The molecular weight excluding hydrogens is 284 g/mol. The third kappa shape index (κ3) is 2.65. The third-order valence-electron chi connectivity index (χ3n) is 4.76. The van der Waals surface area contributed by atoms with Crippen LogP contribution in [0.1, 0.15) is 47.9 Å². The molecule has 0 aromatic heterocycles. The number of rotatable bonds is 3. The summed E-state index contributed by atoms with van der Waals surface area (Å²) in [7, 11) is 0. The summed E-state index contributed by atoms with van der Waals surface area (Å²) >= 11 is 2.10. The minimum atomic E-state index is -0.361. The second-order valence-electron chi connectivity index (χ2n) is 6.15. The van der Waals surface area contributed by atoms with Crippen LogP contribution in [0.4, 0.5) is 0 Å². The van der Waals surface area contributed by atoms with Gasteiger partial charge in [-0.1, -0.05) is 24.3 Å². The van der Waals surface area contributed by atoms with Crippen LogP contribution in [0.2, 0.25) is 0 Å². The van der Waals surface area contributed by atoms with Crippen LogP contribution in [0.25, 0.3) is 0 Å². The number of ketones is 1. The van der Waals surface area contributed by atoms with E-state index < -0.39 is 0 Å². The molecule has 2 bridgehead atoms. The Hall–Kier alpha value is -0.840. The second-order valence-corrected chi connectivity index (χ2v) is 7.76. The maximum absolute atomic E-state index is 13.0. The largest absolute Gasteiger partial charge is 0.346 e. The highest BCUT2D eigenvalue weighted by Gasteiger charge is 2.38. The van der Waals surface area contributed by atoms with E-state index >= 15 is 0 Å². The summed E-state index contributed by atoms with van der Waals surface area (Å²) in [4.78, 5) is 13.0. The molecule has 3 nitrogen and oxygen atoms in total. The third-order valence-corrected chi connectivity index (χ3v) is 6.39. The van der Waals surface area contributed by atoms with E-state index in [1.165, 1.54) is 12.8 Å². The van der Waals surface area contributed by atoms with E-state index in [1.54, 1.807) is 0 Å². The Labute approximate surface area is 129 Å². The van der Waals surface area contributed by atoms with Crippen LogP contribution in [0.5, 0.6) is 0 Å². The molecule has 4 heteroatoms. The zero-order chi connectivity index (χ0) is 14.2. The highest BCUT2D eigenvalue weighted by molar-refractivity contribution is 8.00. The lowest BCUT2D eigenvalue weighted by molar-refractivity contribution is -0.0445. The van der Waals surface area contributed by atoms with Gasteiger partial charge in [-0.05, 0) is 25.7 Å². The van der Waals surface area contributed by atoms with Crippen LogP contribution in [0, 0.1) is 5.92 Å². The quantitative estimate of drug-likeness (QED) is 0.800. The summed E-state index contributed by atoms with van der Waals surface area (Å²) in [5, 5.41) is 1.40. The van der Waals surface area contributed by atoms with Crippen LogP contribution in [-0.2, 0) is 9.47 Å². The highest BCUT2D eigenvalue weighted by Crippen LogP contribution is 2.47. The van der Waals surface area contributed by atoms with Gasteiger partial charge in [0.05, 0.1) is 13.2 Å². The van der Waals surface area contributed by atoms with Gasteiger partial charge in [-0.2, -0.15) is 11.8 Å². The molecule has 0 saturated carbocycles. The van der Waals surface area contributed by atoms with Gasteiger partial charge in [-0.15, -0.1) is 0 Å². The van der Waals surface area contributed by atoms with Crippen molar-refractivity contribution in [2.24, 2.45) is 5.92 Å². The second kappa shape index (κ2) is 5.75. The van der Waals surface area contributed by atoms with Gasteiger partial charge in [-0.25, -0.2) is 0 Å². The molecule has 3 saturated heterocycles. The van der Waals surface area contributed by atoms with Crippen molar-refractivity contribution in [1.82, 2.24) is 0 Å². The standard InChI is InChI=1S/C17H20O3S/c18-16(11-9-12-5-6-13(10-11)21-12)14-3-1-2-4-15(14)17-19-7-8-20-17/h1-4,11-13,17H,5-10H2. The maximum atomic E-state index is 13.0. The van der Waals surface area contributed by atoms with Crippen molar-refractivity contribution in [2.75, 3.05) is 13.2 Å². The Morgan fingerprint density at radius 3 is 2.43 bits per heavy atom. The fourth-order valence-corrected chi connectivity index (χ4v) is 5.53. The van der Waals surface area contributed by atoms with E-state index in [0.29, 0.717) is 29.5 Å². The number of carbonyl (C=O) groups excluding carboxylic acids is 1. The smallest absolute Gasteiger partial charge is 0.184 e. The summed E-state index contributed by atoms with van der Waals surface area (Å²) in [5.41, 5.74) is 1.71. The van der Waals surface area contributed by atoms with Gasteiger partial charge in [0.2, 0.25) is 0 Å². The van der Waals surface area contributed by atoms with Crippen molar-refractivity contribution in [3.63, 3.8) is 0 Å². The summed E-state index contributed by atoms with van der Waals surface area (Å²) < 4.78 is 11.2. The molecule has 1 aromatic rings. The molecule has 3 fully saturated rings. The summed E-state index contributed by atoms with van der Waals surface area (Å²) in [5.74, 6) is 0.480. The fraction of sp³-hybridized carbons (Fsp3) is 0.588. The van der Waals surface area contributed by atoms with Gasteiger partial charge in [0, 0.05) is 27.5 Å². The highest BCUT2D eigenvalue weighted by atomic mass is 32.2. The van der Waals surface area contributed by atoms with Crippen LogP contribution in [0.15, 0.2) is 24.3 Å². The van der Waals surface area contributed by atoms with Gasteiger partial charge in [0.1, 0.15) is 0 Å². The summed E-state index contributed by atoms with van der Waals surface area (Å²) in [6.07, 6.45) is 4.30. The zero-order valence-corrected chi connectivity index (χ0v) is 12.8. The van der Waals surface area contributed by atoms with Crippen molar-refractivity contribution >= 4 is 17.5 Å². The molecule has 2 atom stereocenters. The average molecular weight is 304 g/mol. The van der Waals surface area contributed by atoms with Gasteiger partial charge in [0.25, 0.3) is 0 Å². The van der Waals surface area contributed by atoms with Crippen LogP contribution >= 0.6 is 11.8 Å². The number of Topliss-reactive ketones (excluding diaryl/α,β-unsaturated/α-hetero) is 1. The predicted molar refractivity (Wildman–Crippen MR) is 82.5 cm³/mol. The molecule has 0 radical (unpaired) electrons. The SMILES string of the molecule is O=C(c1ccccc1C1OCCO1)C1CC2CCC(C1)S2. The first-order valence-electron chi connectivity index (χ1n) is 7.83. The van der Waals surface area contributed by atoms with Gasteiger partial charge >= 0.3 is 0 Å². The number of thioether (sulfide) groups is 1. The van der Waals surface area contributed by atoms with Crippen molar-refractivity contribution in [2.45, 2.75) is 42.5 Å². The van der Waals surface area contributed by atoms with Gasteiger partial charge in [0.15, 0.2) is 12.1 Å². The monoisotopic (exact) mass is 304 g/mol. The van der Waals surface area contributed by atoms with Gasteiger partial charge in [-0.3, -0.25) is 4.79 Å². The Morgan fingerprint density at radius 1 is 1.05 bits per heavy atom. The fourth-order valence-electron chi connectivity index (χ4n) is 3.76. The Morgan fingerprint density at radius 2 is 1.71 bits per heavy atom. The lowest BCUT2D eigenvalue weighted by atomic mass is 9.88. The van der Waals surface area contributed by atoms with Crippen molar-refractivity contribution in [3.05, 3.63) is 35.4 Å². The molecule has 0 N–H and O–H groups in total. The van der Waals surface area contributed by atoms with Crippen molar-refractivity contribution < 1.29 is 14.3 Å². The molecule has 3 heterocycles. The average Bonchev–Trinajstić information content (AvgIpc) is 3.16. The Bertz CT molecular complexity index is 527. The molecule has 0 aliphatic carbocycles. The summed E-state index contributed by atoms with van der Waals surface area (Å²) in [6, 6.07) is 7.80. The molecule has 0 amide bonds. The number of carbonyl (C=O) groups is 1. The van der Waals surface area contributed by atoms with Crippen LogP contribution in [0.3, 0.4) is 0 Å². The maximum Gasteiger partial charge on any atom is 0.184 e. The Kier molecular flexibility index (Phi) is 3.78. The Balaban J connectivity index is 1.59. The van der Waals surface area contributed by atoms with E-state index in [-0.39, 0.29) is 12.2 Å². The lowest BCUT2D eigenvalue weighted by Crippen LogP contribution is -2.26. The molecule has 112 valence electrons. The van der Waals surface area contributed by atoms with E-state index in [9.17, 15) is 4.79 Å². The van der Waals surface area contributed by atoms with Gasteiger partial charge < -0.3 is 9.47 Å². The van der Waals surface area contributed by atoms with Crippen molar-refractivity contribution in [1.29, 1.82) is 0 Å². The first-order chi connectivity index (χ1) is 10.3. The van der Waals surface area contributed by atoms with Crippen LogP contribution in [-0.4, -0.2) is 29.5 Å². The topological polar surface area (TPSA) is 35.5 Å². The zero-order valence-electron chi connectivity index (χ0n) is 12.0. The molecule has 3 aliphatic rings. The molecule has 4 rings (SSSR count). The molecular formula is C17H20O3S. The first-order valence-corrected chi connectivity index (χ1v) is 8.77. The predicted octanol–water partition coefficient (Wildman–Crippen LogP) is 3.59. The molecule has 21 heavy (non-hydrogen) atoms. The number of ether oxygens (including phenoxy) is 2. The lowest BCUT2D eigenvalue weighted by Gasteiger charge is -2.27. The molecule has 0 spiro atoms. The molecule has 1 aromatic carbocycles. The molecule has 2 unspecified atom stereocenters. The minimum Gasteiger partial charge on any atom is -0.346 e. The van der Waals surface area contributed by atoms with Crippen molar-refractivity contribution in [3.8, 4) is 0 Å². The first kappa shape index (κ1) is 13.8. The summed E-state index contributed by atoms with van der Waals surface area (Å²) in [6.45, 7) is 1.22. The normalized spacial score (nSPS) is 32.5. The van der Waals surface area contributed by atoms with Crippen LogP contribution < -0.4 is 0 Å². The number of fused-ring (bicyclic) bond motifs is 2. The number of benzene rings is 1. The van der Waals surface area contributed by atoms with E-state index in [1.807, 2.05) is 24.3 Å².